The van der Waals surface area contributed by atoms with Crippen molar-refractivity contribution in [2.45, 2.75) is 58.1 Å². The highest BCUT2D eigenvalue weighted by Gasteiger charge is 2.37. The number of halogens is 1. The molecule has 0 N–H and O–H groups in total. The molecule has 1 aliphatic carbocycles. The van der Waals surface area contributed by atoms with E-state index < -0.39 is 16.5 Å². The number of fused-ring (bicyclic) bond motifs is 3. The van der Waals surface area contributed by atoms with E-state index in [0.29, 0.717) is 36.3 Å². The van der Waals surface area contributed by atoms with Crippen molar-refractivity contribution < 1.29 is 18.5 Å². The Morgan fingerprint density at radius 2 is 2.00 bits per heavy atom. The van der Waals surface area contributed by atoms with Crippen molar-refractivity contribution in [3.8, 4) is 5.75 Å². The normalized spacial score (nSPS) is 26.7. The Morgan fingerprint density at radius 3 is 2.79 bits per heavy atom. The Morgan fingerprint density at radius 1 is 1.13 bits per heavy atom. The lowest BCUT2D eigenvalue weighted by Crippen LogP contribution is -2.43. The Balaban J connectivity index is 1.60. The maximum atomic E-state index is 13.1. The third-order valence-electron chi connectivity index (χ3n) is 8.28. The van der Waals surface area contributed by atoms with Gasteiger partial charge in [0.05, 0.1) is 18.4 Å². The van der Waals surface area contributed by atoms with Gasteiger partial charge in [0.15, 0.2) is 0 Å². The van der Waals surface area contributed by atoms with Crippen LogP contribution in [0.15, 0.2) is 52.9 Å². The second-order valence-corrected chi connectivity index (χ2v) is 12.7. The molecule has 39 heavy (non-hydrogen) atoms. The van der Waals surface area contributed by atoms with Gasteiger partial charge in [-0.05, 0) is 91.8 Å². The predicted molar refractivity (Wildman–Crippen MR) is 157 cm³/mol. The summed E-state index contributed by atoms with van der Waals surface area (Å²) in [6, 6.07) is 11.7. The van der Waals surface area contributed by atoms with Crippen LogP contribution in [0.25, 0.3) is 0 Å². The van der Waals surface area contributed by atoms with Crippen LogP contribution in [0, 0.1) is 17.8 Å². The highest BCUT2D eigenvalue weighted by Crippen LogP contribution is 2.42. The Bertz CT molecular complexity index is 1310. The molecule has 0 spiro atoms. The number of nitrogens with zero attached hydrogens (tertiary/aromatic N) is 2. The molecule has 4 unspecified atom stereocenters. The van der Waals surface area contributed by atoms with Gasteiger partial charge in [-0.1, -0.05) is 48.4 Å². The minimum Gasteiger partial charge on any atom is -0.491 e. The molecule has 0 saturated heterocycles. The van der Waals surface area contributed by atoms with Crippen molar-refractivity contribution >= 4 is 33.8 Å². The van der Waals surface area contributed by atoms with Gasteiger partial charge < -0.3 is 22.9 Å². The minimum absolute atomic E-state index is 0.0395. The number of aryl methyl sites for hydroxylation is 1. The first-order valence-corrected chi connectivity index (χ1v) is 15.7. The van der Waals surface area contributed by atoms with Gasteiger partial charge in [0.1, 0.15) is 5.75 Å². The molecule has 2 aromatic rings. The highest BCUT2D eigenvalue weighted by atomic mass is 35.5. The van der Waals surface area contributed by atoms with Gasteiger partial charge in [-0.25, -0.2) is 0 Å². The van der Waals surface area contributed by atoms with Gasteiger partial charge >= 0.3 is 0 Å². The van der Waals surface area contributed by atoms with Crippen LogP contribution in [0.5, 0.6) is 5.75 Å². The van der Waals surface area contributed by atoms with Crippen LogP contribution in [-0.2, 0) is 32.5 Å². The number of anilines is 1. The van der Waals surface area contributed by atoms with Crippen LogP contribution in [0.3, 0.4) is 0 Å². The molecule has 1 amide bonds. The van der Waals surface area contributed by atoms with Crippen molar-refractivity contribution in [1.82, 2.24) is 0 Å². The van der Waals surface area contributed by atoms with Crippen molar-refractivity contribution in [2.75, 3.05) is 30.9 Å². The van der Waals surface area contributed by atoms with Crippen molar-refractivity contribution in [3.05, 3.63) is 70.3 Å². The van der Waals surface area contributed by atoms with Gasteiger partial charge in [-0.3, -0.25) is 4.79 Å². The van der Waals surface area contributed by atoms with E-state index in [1.54, 1.807) is 13.2 Å². The molecule has 0 aromatic heterocycles. The number of ether oxygens (including phenoxy) is 2. The van der Waals surface area contributed by atoms with Gasteiger partial charge in [-0.2, -0.15) is 10.6 Å². The molecule has 2 aliphatic heterocycles. The first-order chi connectivity index (χ1) is 18.9. The average molecular weight is 570 g/mol. The van der Waals surface area contributed by atoms with Crippen molar-refractivity contribution in [3.63, 3.8) is 0 Å². The van der Waals surface area contributed by atoms with E-state index in [1.807, 2.05) is 25.1 Å². The van der Waals surface area contributed by atoms with Gasteiger partial charge in [-0.15, -0.1) is 0 Å². The third kappa shape index (κ3) is 6.87. The zero-order chi connectivity index (χ0) is 27.4. The van der Waals surface area contributed by atoms with Crippen molar-refractivity contribution in [1.29, 1.82) is 0 Å². The summed E-state index contributed by atoms with van der Waals surface area (Å²) in [4.78, 5) is 15.5. The van der Waals surface area contributed by atoms with Crippen LogP contribution in [0.4, 0.5) is 5.69 Å². The van der Waals surface area contributed by atoms with Gasteiger partial charge in [0.25, 0.3) is 5.91 Å². The molecule has 1 saturated carbocycles. The standard InChI is InChI=1S/C31H38ClN2O4S/c1-21-6-5-8-29(37-2)27-13-10-25(27)19-34-18-24-9-12-26(32)16-22(24)7-3-4-15-38-30-14-11-23(17-28(30)34)31(35)33-39(36)20-21/h5,8-9,11-12,14,16-17,21,25,27,29H,3-4,6-7,10,13,15,18-20H2,1-2H3/q-1. The van der Waals surface area contributed by atoms with Gasteiger partial charge in [0, 0.05) is 30.8 Å². The number of hydrogen-bond donors (Lipinski definition) is 0. The molecule has 3 aliphatic rings. The van der Waals surface area contributed by atoms with E-state index in [-0.39, 0.29) is 12.0 Å². The summed E-state index contributed by atoms with van der Waals surface area (Å²) in [5, 5.41) is 0.749. The first-order valence-electron chi connectivity index (χ1n) is 14.0. The fourth-order valence-corrected chi connectivity index (χ4v) is 7.11. The Labute approximate surface area is 238 Å². The van der Waals surface area contributed by atoms with E-state index in [1.165, 1.54) is 11.1 Å². The molecule has 6 nitrogen and oxygen atoms in total. The Kier molecular flexibility index (Phi) is 9.31. The van der Waals surface area contributed by atoms with E-state index in [0.717, 1.165) is 61.5 Å². The summed E-state index contributed by atoms with van der Waals surface area (Å²) in [5.74, 6) is 1.66. The molecular weight excluding hydrogens is 532 g/mol. The predicted octanol–water partition coefficient (Wildman–Crippen LogP) is 6.99. The smallest absolute Gasteiger partial charge is 0.254 e. The molecule has 2 heterocycles. The molecule has 1 fully saturated rings. The largest absolute Gasteiger partial charge is 0.491 e. The molecule has 2 bridgehead atoms. The number of amides is 1. The maximum Gasteiger partial charge on any atom is 0.254 e. The van der Waals surface area contributed by atoms with Gasteiger partial charge in [0.2, 0.25) is 0 Å². The zero-order valence-electron chi connectivity index (χ0n) is 22.8. The summed E-state index contributed by atoms with van der Waals surface area (Å²) in [5.41, 5.74) is 3.80. The Hall–Kier alpha value is -2.35. The van der Waals surface area contributed by atoms with Crippen molar-refractivity contribution in [2.24, 2.45) is 22.1 Å². The number of rotatable bonds is 1. The number of carbonyl (C=O) groups excluding carboxylic acids is 1. The zero-order valence-corrected chi connectivity index (χ0v) is 24.4. The summed E-state index contributed by atoms with van der Waals surface area (Å²) in [7, 11) is 0.197. The number of hydrogen-bond acceptors (Lipinski definition) is 6. The summed E-state index contributed by atoms with van der Waals surface area (Å²) in [6.07, 6.45) is 10.2. The lowest BCUT2D eigenvalue weighted by molar-refractivity contribution is 0.0133. The topological polar surface area (TPSA) is 68.2 Å². The number of allylic oxidation sites excluding steroid dienone is 1. The second-order valence-electron chi connectivity index (χ2n) is 11.1. The fourth-order valence-electron chi connectivity index (χ4n) is 5.93. The third-order valence-corrected chi connectivity index (χ3v) is 9.73. The number of benzene rings is 2. The first kappa shape index (κ1) is 28.2. The molecule has 4 atom stereocenters. The fraction of sp³-hybridized carbons (Fsp3) is 0.516. The summed E-state index contributed by atoms with van der Waals surface area (Å²) in [6.45, 7) is 4.13. The lowest BCUT2D eigenvalue weighted by Gasteiger charge is -2.43. The summed E-state index contributed by atoms with van der Waals surface area (Å²) >= 11 is 6.40. The van der Waals surface area contributed by atoms with E-state index in [4.69, 9.17) is 21.1 Å². The summed E-state index contributed by atoms with van der Waals surface area (Å²) < 4.78 is 29.0. The second kappa shape index (κ2) is 12.9. The van der Waals surface area contributed by atoms with E-state index in [9.17, 15) is 9.00 Å². The monoisotopic (exact) mass is 569 g/mol. The minimum atomic E-state index is -1.59. The lowest BCUT2D eigenvalue weighted by atomic mass is 9.70. The van der Waals surface area contributed by atoms with Crippen LogP contribution in [0.1, 0.15) is 60.5 Å². The van der Waals surface area contributed by atoms with E-state index in [2.05, 4.69) is 33.5 Å². The molecule has 2 aromatic carbocycles. The van der Waals surface area contributed by atoms with Crippen LogP contribution in [0.2, 0.25) is 5.02 Å². The SMILES string of the molecule is COC1C=CCC(C)C[S-](=O)=NC(=O)c2ccc3c(c2)N(Cc2ccc(Cl)cc2CCCCO3)CC2CCC21. The van der Waals surface area contributed by atoms with Crippen LogP contribution >= 0.6 is 11.6 Å². The number of carbonyl (C=O) groups is 1. The maximum absolute atomic E-state index is 13.1. The molecule has 8 heteroatoms. The quantitative estimate of drug-likeness (QED) is 0.273. The van der Waals surface area contributed by atoms with Crippen LogP contribution in [-0.4, -0.2) is 38.0 Å². The molecule has 5 rings (SSSR count). The molecular formula is C31H38ClN2O4S-. The van der Waals surface area contributed by atoms with E-state index >= 15 is 0 Å². The number of methoxy groups -OCH3 is 1. The van der Waals surface area contributed by atoms with Crippen LogP contribution < -0.4 is 9.64 Å². The molecule has 0 radical (unpaired) electrons. The molecule has 210 valence electrons. The highest BCUT2D eigenvalue weighted by molar-refractivity contribution is 7.75. The average Bonchev–Trinajstić information content (AvgIpc) is 2.92.